The van der Waals surface area contributed by atoms with Gasteiger partial charge >= 0.3 is 0 Å². The number of carbonyl (C=O) groups excluding carboxylic acids is 1. The van der Waals surface area contributed by atoms with Crippen LogP contribution in [0.25, 0.3) is 0 Å². The quantitative estimate of drug-likeness (QED) is 0.498. The van der Waals surface area contributed by atoms with Gasteiger partial charge in [-0.3, -0.25) is 4.79 Å². The third-order valence-electron chi connectivity index (χ3n) is 6.88. The summed E-state index contributed by atoms with van der Waals surface area (Å²) in [5.41, 5.74) is 0. The van der Waals surface area contributed by atoms with E-state index in [1.165, 1.54) is 32.4 Å². The summed E-state index contributed by atoms with van der Waals surface area (Å²) < 4.78 is 11.4. The SMILES string of the molecule is CCC(C)C1CCN(C(=O)COCCCOCC2CCN(C(C)C)CC2)CC1. The van der Waals surface area contributed by atoms with Crippen LogP contribution in [0, 0.1) is 17.8 Å². The van der Waals surface area contributed by atoms with Crippen molar-refractivity contribution >= 4 is 5.91 Å². The zero-order chi connectivity index (χ0) is 20.4. The lowest BCUT2D eigenvalue weighted by molar-refractivity contribution is -0.138. The lowest BCUT2D eigenvalue weighted by atomic mass is 9.84. The summed E-state index contributed by atoms with van der Waals surface area (Å²) in [4.78, 5) is 16.8. The summed E-state index contributed by atoms with van der Waals surface area (Å²) in [5.74, 6) is 2.41. The van der Waals surface area contributed by atoms with Gasteiger partial charge in [0.2, 0.25) is 5.91 Å². The Balaban J connectivity index is 1.44. The first-order valence-electron chi connectivity index (χ1n) is 11.7. The molecular formula is C23H44N2O3. The number of rotatable bonds is 11. The van der Waals surface area contributed by atoms with E-state index in [1.54, 1.807) is 0 Å². The van der Waals surface area contributed by atoms with Gasteiger partial charge in [-0.1, -0.05) is 20.3 Å². The maximum atomic E-state index is 12.3. The van der Waals surface area contributed by atoms with Gasteiger partial charge in [0.1, 0.15) is 6.61 Å². The lowest BCUT2D eigenvalue weighted by Gasteiger charge is -2.34. The summed E-state index contributed by atoms with van der Waals surface area (Å²) in [7, 11) is 0. The van der Waals surface area contributed by atoms with Crippen LogP contribution in [-0.2, 0) is 14.3 Å². The maximum absolute atomic E-state index is 12.3. The molecule has 2 aliphatic heterocycles. The molecule has 0 spiro atoms. The van der Waals surface area contributed by atoms with Crippen molar-refractivity contribution in [2.45, 2.75) is 72.3 Å². The van der Waals surface area contributed by atoms with Gasteiger partial charge in [0.05, 0.1) is 0 Å². The molecule has 164 valence electrons. The monoisotopic (exact) mass is 396 g/mol. The molecule has 0 saturated carbocycles. The van der Waals surface area contributed by atoms with Crippen LogP contribution in [0.1, 0.15) is 66.2 Å². The molecule has 1 unspecified atom stereocenters. The minimum Gasteiger partial charge on any atom is -0.381 e. The Morgan fingerprint density at radius 3 is 2.21 bits per heavy atom. The molecule has 2 saturated heterocycles. The molecule has 0 N–H and O–H groups in total. The van der Waals surface area contributed by atoms with E-state index >= 15 is 0 Å². The average molecular weight is 397 g/mol. The molecule has 2 heterocycles. The minimum absolute atomic E-state index is 0.153. The second-order valence-electron chi connectivity index (χ2n) is 9.16. The Kier molecular flexibility index (Phi) is 10.8. The fourth-order valence-corrected chi connectivity index (χ4v) is 4.45. The van der Waals surface area contributed by atoms with Gasteiger partial charge < -0.3 is 19.3 Å². The van der Waals surface area contributed by atoms with Crippen molar-refractivity contribution in [2.24, 2.45) is 17.8 Å². The van der Waals surface area contributed by atoms with E-state index in [2.05, 4.69) is 32.6 Å². The van der Waals surface area contributed by atoms with E-state index < -0.39 is 0 Å². The van der Waals surface area contributed by atoms with Gasteiger partial charge in [-0.2, -0.15) is 0 Å². The zero-order valence-corrected chi connectivity index (χ0v) is 18.8. The summed E-state index contributed by atoms with van der Waals surface area (Å²) in [6.45, 7) is 15.8. The Bertz CT molecular complexity index is 428. The summed E-state index contributed by atoms with van der Waals surface area (Å²) >= 11 is 0. The fourth-order valence-electron chi connectivity index (χ4n) is 4.45. The second-order valence-corrected chi connectivity index (χ2v) is 9.16. The van der Waals surface area contributed by atoms with Gasteiger partial charge in [0, 0.05) is 39.0 Å². The van der Waals surface area contributed by atoms with Gasteiger partial charge in [-0.15, -0.1) is 0 Å². The van der Waals surface area contributed by atoms with Crippen molar-refractivity contribution in [3.63, 3.8) is 0 Å². The van der Waals surface area contributed by atoms with Crippen LogP contribution in [0.2, 0.25) is 0 Å². The van der Waals surface area contributed by atoms with Crippen molar-refractivity contribution in [3.8, 4) is 0 Å². The molecule has 2 rings (SSSR count). The van der Waals surface area contributed by atoms with Crippen LogP contribution in [0.15, 0.2) is 0 Å². The summed E-state index contributed by atoms with van der Waals surface area (Å²) in [6, 6.07) is 0.660. The van der Waals surface area contributed by atoms with Crippen LogP contribution >= 0.6 is 0 Å². The minimum atomic E-state index is 0.153. The maximum Gasteiger partial charge on any atom is 0.248 e. The molecule has 0 aromatic rings. The van der Waals surface area contributed by atoms with E-state index in [0.29, 0.717) is 18.6 Å². The molecule has 5 heteroatoms. The molecule has 0 bridgehead atoms. The van der Waals surface area contributed by atoms with E-state index in [4.69, 9.17) is 9.47 Å². The van der Waals surface area contributed by atoms with Crippen molar-refractivity contribution < 1.29 is 14.3 Å². The van der Waals surface area contributed by atoms with E-state index in [9.17, 15) is 4.79 Å². The predicted molar refractivity (Wildman–Crippen MR) is 114 cm³/mol. The fraction of sp³-hybridized carbons (Fsp3) is 0.957. The molecule has 28 heavy (non-hydrogen) atoms. The summed E-state index contributed by atoms with van der Waals surface area (Å²) in [6.07, 6.45) is 6.89. The number of hydrogen-bond donors (Lipinski definition) is 0. The first kappa shape index (κ1) is 23.6. The number of hydrogen-bond acceptors (Lipinski definition) is 4. The van der Waals surface area contributed by atoms with E-state index in [0.717, 1.165) is 57.4 Å². The average Bonchev–Trinajstić information content (AvgIpc) is 2.72. The van der Waals surface area contributed by atoms with Gasteiger partial charge in [0.25, 0.3) is 0 Å². The first-order chi connectivity index (χ1) is 13.5. The molecule has 0 aliphatic carbocycles. The number of amides is 1. The third kappa shape index (κ3) is 8.00. The predicted octanol–water partition coefficient (Wildman–Crippen LogP) is 3.81. The van der Waals surface area contributed by atoms with Gasteiger partial charge in [-0.25, -0.2) is 0 Å². The highest BCUT2D eigenvalue weighted by Gasteiger charge is 2.25. The van der Waals surface area contributed by atoms with Crippen molar-refractivity contribution in [1.82, 2.24) is 9.80 Å². The molecule has 1 amide bonds. The third-order valence-corrected chi connectivity index (χ3v) is 6.88. The molecular weight excluding hydrogens is 352 g/mol. The van der Waals surface area contributed by atoms with Crippen LogP contribution in [0.4, 0.5) is 0 Å². The smallest absolute Gasteiger partial charge is 0.248 e. The van der Waals surface area contributed by atoms with Crippen LogP contribution in [0.5, 0.6) is 0 Å². The Morgan fingerprint density at radius 2 is 1.61 bits per heavy atom. The number of carbonyl (C=O) groups is 1. The number of nitrogens with zero attached hydrogens (tertiary/aromatic N) is 2. The molecule has 5 nitrogen and oxygen atoms in total. The van der Waals surface area contributed by atoms with Crippen LogP contribution < -0.4 is 0 Å². The Hall–Kier alpha value is -0.650. The highest BCUT2D eigenvalue weighted by molar-refractivity contribution is 5.77. The topological polar surface area (TPSA) is 42.0 Å². The van der Waals surface area contributed by atoms with Gasteiger partial charge in [0.15, 0.2) is 0 Å². The van der Waals surface area contributed by atoms with E-state index in [-0.39, 0.29) is 12.5 Å². The molecule has 0 radical (unpaired) electrons. The number of piperidine rings is 2. The first-order valence-corrected chi connectivity index (χ1v) is 11.7. The Labute approximate surface area is 173 Å². The molecule has 0 aromatic heterocycles. The normalized spacial score (nSPS) is 21.4. The number of ether oxygens (including phenoxy) is 2. The Morgan fingerprint density at radius 1 is 0.964 bits per heavy atom. The van der Waals surface area contributed by atoms with Crippen LogP contribution in [-0.4, -0.2) is 74.4 Å². The zero-order valence-electron chi connectivity index (χ0n) is 18.8. The molecule has 0 aromatic carbocycles. The largest absolute Gasteiger partial charge is 0.381 e. The lowest BCUT2D eigenvalue weighted by Crippen LogP contribution is -2.41. The molecule has 2 aliphatic rings. The standard InChI is InChI=1S/C23H44N2O3/c1-5-20(4)22-9-13-25(14-10-22)23(26)18-28-16-6-15-27-17-21-7-11-24(12-8-21)19(2)3/h19-22H,5-18H2,1-4H3. The van der Waals surface area contributed by atoms with Crippen molar-refractivity contribution in [1.29, 1.82) is 0 Å². The molecule has 2 fully saturated rings. The highest BCUT2D eigenvalue weighted by atomic mass is 16.5. The number of likely N-dealkylation sites (tertiary alicyclic amines) is 2. The highest BCUT2D eigenvalue weighted by Crippen LogP contribution is 2.26. The second kappa shape index (κ2) is 12.8. The molecule has 1 atom stereocenters. The van der Waals surface area contributed by atoms with Gasteiger partial charge in [-0.05, 0) is 76.8 Å². The van der Waals surface area contributed by atoms with Crippen LogP contribution in [0.3, 0.4) is 0 Å². The van der Waals surface area contributed by atoms with Crippen molar-refractivity contribution in [3.05, 3.63) is 0 Å². The summed E-state index contributed by atoms with van der Waals surface area (Å²) in [5, 5.41) is 0. The van der Waals surface area contributed by atoms with Crippen molar-refractivity contribution in [2.75, 3.05) is 52.6 Å². The van der Waals surface area contributed by atoms with E-state index in [1.807, 2.05) is 4.90 Å².